The number of aliphatic hydroxyl groups excluding tert-OH is 1. The second kappa shape index (κ2) is 6.17. The van der Waals surface area contributed by atoms with Crippen LogP contribution >= 0.6 is 0 Å². The molecule has 1 fully saturated rings. The maximum absolute atomic E-state index is 13.1. The van der Waals surface area contributed by atoms with Gasteiger partial charge in [0.25, 0.3) is 0 Å². The molecule has 1 aliphatic carbocycles. The second-order valence-corrected chi connectivity index (χ2v) is 8.41. The highest BCUT2D eigenvalue weighted by Crippen LogP contribution is 2.63. The van der Waals surface area contributed by atoms with E-state index in [9.17, 15) is 18.8 Å². The molecule has 0 heterocycles. The van der Waals surface area contributed by atoms with Crippen molar-refractivity contribution in [3.8, 4) is 11.8 Å². The highest BCUT2D eigenvalue weighted by Gasteiger charge is 2.72. The quantitative estimate of drug-likeness (QED) is 0.888. The van der Waals surface area contributed by atoms with E-state index >= 15 is 0 Å². The summed E-state index contributed by atoms with van der Waals surface area (Å²) in [5.41, 5.74) is 0.338. The highest BCUT2D eigenvalue weighted by atomic mass is 32.2. The summed E-state index contributed by atoms with van der Waals surface area (Å²) < 4.78 is 31.2. The molecule has 0 aromatic heterocycles. The van der Waals surface area contributed by atoms with Gasteiger partial charge in [-0.3, -0.25) is 0 Å². The number of benzene rings is 2. The number of hydrogen-bond acceptors (Lipinski definition) is 5. The van der Waals surface area contributed by atoms with Crippen molar-refractivity contribution < 1.29 is 18.3 Å². The molecule has 1 aliphatic rings. The number of hydrogen-bond donors (Lipinski definition) is 1. The summed E-state index contributed by atoms with van der Waals surface area (Å²) in [7, 11) is -2.20. The number of nitriles is 1. The first kappa shape index (κ1) is 17.5. The molecule has 0 aliphatic heterocycles. The van der Waals surface area contributed by atoms with Gasteiger partial charge >= 0.3 is 0 Å². The zero-order chi connectivity index (χ0) is 18.2. The summed E-state index contributed by atoms with van der Waals surface area (Å²) >= 11 is 0. The Morgan fingerprint density at radius 2 is 1.76 bits per heavy atom. The Morgan fingerprint density at radius 3 is 2.24 bits per heavy atom. The largest absolute Gasteiger partial charge is 0.497 e. The van der Waals surface area contributed by atoms with Gasteiger partial charge in [-0.15, -0.1) is 0 Å². The van der Waals surface area contributed by atoms with Crippen molar-refractivity contribution >= 4 is 9.84 Å². The molecule has 2 aromatic rings. The lowest BCUT2D eigenvalue weighted by Gasteiger charge is -2.06. The summed E-state index contributed by atoms with van der Waals surface area (Å²) in [6, 6.07) is 15.5. The number of nitrogens with zero attached hydrogens (tertiary/aromatic N) is 1. The van der Waals surface area contributed by atoms with Crippen LogP contribution in [0.1, 0.15) is 17.0 Å². The average Bonchev–Trinajstić information content (AvgIpc) is 3.33. The Labute approximate surface area is 147 Å². The van der Waals surface area contributed by atoms with Gasteiger partial charge in [0.2, 0.25) is 0 Å². The highest BCUT2D eigenvalue weighted by molar-refractivity contribution is 7.92. The molecule has 3 unspecified atom stereocenters. The van der Waals surface area contributed by atoms with E-state index in [0.29, 0.717) is 11.3 Å². The fourth-order valence-electron chi connectivity index (χ4n) is 3.38. The van der Waals surface area contributed by atoms with Crippen LogP contribution in [0.5, 0.6) is 5.75 Å². The third-order valence-electron chi connectivity index (χ3n) is 4.88. The van der Waals surface area contributed by atoms with E-state index in [-0.39, 0.29) is 4.90 Å². The first-order valence-corrected chi connectivity index (χ1v) is 9.42. The summed E-state index contributed by atoms with van der Waals surface area (Å²) in [6.45, 7) is 1.37. The van der Waals surface area contributed by atoms with E-state index in [4.69, 9.17) is 4.74 Å². The summed E-state index contributed by atoms with van der Waals surface area (Å²) in [4.78, 5) is 0.173. The Kier molecular flexibility index (Phi) is 4.31. The van der Waals surface area contributed by atoms with E-state index < -0.39 is 33.0 Å². The van der Waals surface area contributed by atoms with Crippen LogP contribution in [-0.2, 0) is 9.84 Å². The summed E-state index contributed by atoms with van der Waals surface area (Å²) in [6.07, 6.45) is 0. The lowest BCUT2D eigenvalue weighted by molar-refractivity contribution is 0.242. The lowest BCUT2D eigenvalue weighted by Crippen LogP contribution is -2.18. The van der Waals surface area contributed by atoms with Gasteiger partial charge in [0, 0.05) is 5.92 Å². The van der Waals surface area contributed by atoms with Crippen LogP contribution in [0.15, 0.2) is 53.4 Å². The van der Waals surface area contributed by atoms with Crippen LogP contribution in [0.4, 0.5) is 0 Å². The maximum atomic E-state index is 13.1. The number of methoxy groups -OCH3 is 1. The minimum atomic E-state index is -3.74. The van der Waals surface area contributed by atoms with E-state index in [2.05, 4.69) is 6.07 Å². The molecule has 130 valence electrons. The summed E-state index contributed by atoms with van der Waals surface area (Å²) in [5.74, 6) is 0.0774. The molecular formula is C19H19NO4S. The molecule has 6 heteroatoms. The van der Waals surface area contributed by atoms with Crippen LogP contribution in [0.3, 0.4) is 0 Å². The normalized spacial score (nSPS) is 25.2. The molecule has 0 amide bonds. The van der Waals surface area contributed by atoms with Crippen LogP contribution in [0.25, 0.3) is 0 Å². The molecule has 0 spiro atoms. The molecule has 2 aromatic carbocycles. The average molecular weight is 357 g/mol. The predicted octanol–water partition coefficient (Wildman–Crippen LogP) is 2.45. The van der Waals surface area contributed by atoms with Gasteiger partial charge in [-0.1, -0.05) is 29.8 Å². The van der Waals surface area contributed by atoms with E-state index in [1.54, 1.807) is 55.6 Å². The van der Waals surface area contributed by atoms with Crippen LogP contribution in [0, 0.1) is 23.7 Å². The van der Waals surface area contributed by atoms with Crippen LogP contribution in [0.2, 0.25) is 0 Å². The number of sulfone groups is 1. The van der Waals surface area contributed by atoms with Crippen molar-refractivity contribution in [1.82, 2.24) is 0 Å². The molecule has 0 bridgehead atoms. The minimum absolute atomic E-state index is 0.173. The Hall–Kier alpha value is -2.36. The minimum Gasteiger partial charge on any atom is -0.497 e. The van der Waals surface area contributed by atoms with Crippen LogP contribution in [-0.4, -0.2) is 32.5 Å². The van der Waals surface area contributed by atoms with Crippen molar-refractivity contribution in [2.45, 2.75) is 23.0 Å². The zero-order valence-corrected chi connectivity index (χ0v) is 14.8. The van der Waals surface area contributed by atoms with Gasteiger partial charge in [0.15, 0.2) is 9.84 Å². The Morgan fingerprint density at radius 1 is 1.16 bits per heavy atom. The van der Waals surface area contributed by atoms with Crippen molar-refractivity contribution in [1.29, 1.82) is 5.26 Å². The van der Waals surface area contributed by atoms with Gasteiger partial charge in [0.1, 0.15) is 11.2 Å². The van der Waals surface area contributed by atoms with Crippen molar-refractivity contribution in [3.05, 3.63) is 59.7 Å². The predicted molar refractivity (Wildman–Crippen MR) is 93.0 cm³/mol. The number of rotatable bonds is 5. The fraction of sp³-hybridized carbons (Fsp3) is 0.316. The lowest BCUT2D eigenvalue weighted by atomic mass is 10.0. The van der Waals surface area contributed by atoms with Gasteiger partial charge < -0.3 is 9.84 Å². The Bertz CT molecular complexity index is 913. The standard InChI is InChI=1S/C19H19NO4S/c1-13-3-9-16(10-4-13)25(22,23)18-17(19(18,11-20)12-21)14-5-7-15(24-2)8-6-14/h3-10,17-18,21H,12H2,1-2H3. The van der Waals surface area contributed by atoms with Crippen LogP contribution < -0.4 is 4.74 Å². The number of aryl methyl sites for hydroxylation is 1. The molecule has 1 saturated carbocycles. The molecule has 3 rings (SSSR count). The summed E-state index contributed by atoms with van der Waals surface area (Å²) in [5, 5.41) is 18.5. The molecule has 25 heavy (non-hydrogen) atoms. The third-order valence-corrected chi connectivity index (χ3v) is 7.18. The van der Waals surface area contributed by atoms with Crippen molar-refractivity contribution in [3.63, 3.8) is 0 Å². The van der Waals surface area contributed by atoms with Crippen molar-refractivity contribution in [2.24, 2.45) is 5.41 Å². The topological polar surface area (TPSA) is 87.4 Å². The maximum Gasteiger partial charge on any atom is 0.183 e. The molecule has 5 nitrogen and oxygen atoms in total. The van der Waals surface area contributed by atoms with E-state index in [0.717, 1.165) is 5.56 Å². The Balaban J connectivity index is 2.04. The SMILES string of the molecule is COc1ccc(C2C(S(=O)(=O)c3ccc(C)cc3)C2(C#N)CO)cc1. The molecular weight excluding hydrogens is 338 g/mol. The van der Waals surface area contributed by atoms with Gasteiger partial charge in [0.05, 0.1) is 29.9 Å². The molecule has 0 radical (unpaired) electrons. The van der Waals surface area contributed by atoms with Gasteiger partial charge in [-0.25, -0.2) is 8.42 Å². The monoisotopic (exact) mass is 357 g/mol. The molecule has 1 N–H and O–H groups in total. The smallest absolute Gasteiger partial charge is 0.183 e. The first-order valence-electron chi connectivity index (χ1n) is 7.87. The molecule has 3 atom stereocenters. The second-order valence-electron chi connectivity index (χ2n) is 6.34. The van der Waals surface area contributed by atoms with Crippen molar-refractivity contribution in [2.75, 3.05) is 13.7 Å². The third kappa shape index (κ3) is 2.70. The van der Waals surface area contributed by atoms with Gasteiger partial charge in [-0.05, 0) is 36.8 Å². The molecule has 0 saturated heterocycles. The number of aliphatic hydroxyl groups is 1. The first-order chi connectivity index (χ1) is 11.9. The number of ether oxygens (including phenoxy) is 1. The zero-order valence-electron chi connectivity index (χ0n) is 14.0. The van der Waals surface area contributed by atoms with E-state index in [1.807, 2.05) is 6.92 Å². The van der Waals surface area contributed by atoms with E-state index in [1.165, 1.54) is 0 Å². The fourth-order valence-corrected chi connectivity index (χ4v) is 5.69. The van der Waals surface area contributed by atoms with Gasteiger partial charge in [-0.2, -0.15) is 5.26 Å².